The summed E-state index contributed by atoms with van der Waals surface area (Å²) < 4.78 is 5.44. The second-order valence-electron chi connectivity index (χ2n) is 3.92. The van der Waals surface area contributed by atoms with Crippen molar-refractivity contribution in [1.82, 2.24) is 0 Å². The van der Waals surface area contributed by atoms with Gasteiger partial charge in [-0.1, -0.05) is 24.3 Å². The molecule has 1 fully saturated rings. The van der Waals surface area contributed by atoms with Gasteiger partial charge in [0.15, 0.2) is 0 Å². The van der Waals surface area contributed by atoms with Crippen LogP contribution in [0.3, 0.4) is 0 Å². The summed E-state index contributed by atoms with van der Waals surface area (Å²) in [5.41, 5.74) is 2.08. The van der Waals surface area contributed by atoms with Gasteiger partial charge in [-0.2, -0.15) is 0 Å². The Morgan fingerprint density at radius 2 is 2.00 bits per heavy atom. The van der Waals surface area contributed by atoms with Crippen molar-refractivity contribution in [3.05, 3.63) is 35.4 Å². The van der Waals surface area contributed by atoms with Crippen molar-refractivity contribution in [2.75, 3.05) is 7.11 Å². The smallest absolute Gasteiger partial charge is 0.150 e. The molecule has 0 aliphatic heterocycles. The standard InChI is InChI=1S/C12H14O2/c1-14-12(6-7-12)8-10-2-4-11(9-13)5-3-10/h2-5,9H,6-8H2,1H3. The first kappa shape index (κ1) is 9.41. The van der Waals surface area contributed by atoms with Crippen molar-refractivity contribution in [3.63, 3.8) is 0 Å². The van der Waals surface area contributed by atoms with E-state index in [1.807, 2.05) is 24.3 Å². The van der Waals surface area contributed by atoms with Crippen LogP contribution in [0.4, 0.5) is 0 Å². The fourth-order valence-corrected chi connectivity index (χ4v) is 1.68. The van der Waals surface area contributed by atoms with E-state index in [-0.39, 0.29) is 5.60 Å². The highest BCUT2D eigenvalue weighted by molar-refractivity contribution is 5.74. The summed E-state index contributed by atoms with van der Waals surface area (Å²) in [6.45, 7) is 0. The van der Waals surface area contributed by atoms with Crippen LogP contribution in [-0.2, 0) is 11.2 Å². The summed E-state index contributed by atoms with van der Waals surface area (Å²) in [5.74, 6) is 0. The molecule has 1 aromatic carbocycles. The molecule has 0 atom stereocenters. The van der Waals surface area contributed by atoms with Gasteiger partial charge in [0.05, 0.1) is 5.60 Å². The van der Waals surface area contributed by atoms with Crippen LogP contribution in [0.2, 0.25) is 0 Å². The molecule has 74 valence electrons. The molecule has 0 saturated heterocycles. The average Bonchev–Trinajstić information content (AvgIpc) is 3.00. The molecule has 0 N–H and O–H groups in total. The van der Waals surface area contributed by atoms with Crippen LogP contribution in [0, 0.1) is 0 Å². The van der Waals surface area contributed by atoms with Gasteiger partial charge in [0.25, 0.3) is 0 Å². The maximum atomic E-state index is 10.4. The molecule has 14 heavy (non-hydrogen) atoms. The molecule has 1 aromatic rings. The SMILES string of the molecule is COC1(Cc2ccc(C=O)cc2)CC1. The van der Waals surface area contributed by atoms with Gasteiger partial charge in [-0.05, 0) is 18.4 Å². The lowest BCUT2D eigenvalue weighted by molar-refractivity contribution is 0.0807. The molecule has 0 amide bonds. The number of carbonyl (C=O) groups excluding carboxylic acids is 1. The predicted octanol–water partition coefficient (Wildman–Crippen LogP) is 2.22. The van der Waals surface area contributed by atoms with Crippen LogP contribution in [0.5, 0.6) is 0 Å². The maximum Gasteiger partial charge on any atom is 0.150 e. The van der Waals surface area contributed by atoms with Crippen LogP contribution in [-0.4, -0.2) is 19.0 Å². The van der Waals surface area contributed by atoms with E-state index in [1.165, 1.54) is 5.56 Å². The zero-order valence-corrected chi connectivity index (χ0v) is 8.32. The zero-order chi connectivity index (χ0) is 10.0. The Bertz CT molecular complexity index is 323. The molecule has 2 nitrogen and oxygen atoms in total. The van der Waals surface area contributed by atoms with Gasteiger partial charge >= 0.3 is 0 Å². The van der Waals surface area contributed by atoms with Gasteiger partial charge in [0.2, 0.25) is 0 Å². The van der Waals surface area contributed by atoms with Crippen molar-refractivity contribution in [2.45, 2.75) is 24.9 Å². The average molecular weight is 190 g/mol. The number of benzene rings is 1. The maximum absolute atomic E-state index is 10.4. The van der Waals surface area contributed by atoms with Crippen molar-refractivity contribution in [1.29, 1.82) is 0 Å². The first-order valence-electron chi connectivity index (χ1n) is 4.87. The second kappa shape index (κ2) is 3.54. The summed E-state index contributed by atoms with van der Waals surface area (Å²) in [6, 6.07) is 7.72. The first-order valence-corrected chi connectivity index (χ1v) is 4.87. The number of methoxy groups -OCH3 is 1. The van der Waals surface area contributed by atoms with Crippen molar-refractivity contribution < 1.29 is 9.53 Å². The molecule has 0 unspecified atom stereocenters. The van der Waals surface area contributed by atoms with E-state index in [2.05, 4.69) is 0 Å². The molecule has 0 aromatic heterocycles. The van der Waals surface area contributed by atoms with Crippen molar-refractivity contribution in [3.8, 4) is 0 Å². The van der Waals surface area contributed by atoms with Gasteiger partial charge in [-0.3, -0.25) is 4.79 Å². The van der Waals surface area contributed by atoms with Gasteiger partial charge in [0.1, 0.15) is 6.29 Å². The summed E-state index contributed by atoms with van der Waals surface area (Å²) in [4.78, 5) is 10.4. The Kier molecular flexibility index (Phi) is 2.38. The lowest BCUT2D eigenvalue weighted by atomic mass is 10.1. The highest BCUT2D eigenvalue weighted by Crippen LogP contribution is 2.41. The molecule has 1 saturated carbocycles. The number of aldehydes is 1. The van der Waals surface area contributed by atoms with E-state index in [0.29, 0.717) is 0 Å². The molecule has 1 aliphatic rings. The van der Waals surface area contributed by atoms with Crippen LogP contribution in [0.25, 0.3) is 0 Å². The molecule has 2 heteroatoms. The van der Waals surface area contributed by atoms with E-state index in [4.69, 9.17) is 4.74 Å². The van der Waals surface area contributed by atoms with Gasteiger partial charge in [-0.25, -0.2) is 0 Å². The van der Waals surface area contributed by atoms with E-state index >= 15 is 0 Å². The number of hydrogen-bond acceptors (Lipinski definition) is 2. The third-order valence-corrected chi connectivity index (χ3v) is 2.88. The Morgan fingerprint density at radius 1 is 1.36 bits per heavy atom. The topological polar surface area (TPSA) is 26.3 Å². The number of carbonyl (C=O) groups is 1. The number of ether oxygens (including phenoxy) is 1. The van der Waals surface area contributed by atoms with E-state index in [0.717, 1.165) is 31.1 Å². The summed E-state index contributed by atoms with van der Waals surface area (Å²) >= 11 is 0. The molecule has 2 rings (SSSR count). The summed E-state index contributed by atoms with van der Waals surface area (Å²) in [6.07, 6.45) is 4.13. The van der Waals surface area contributed by atoms with Crippen LogP contribution < -0.4 is 0 Å². The van der Waals surface area contributed by atoms with E-state index in [9.17, 15) is 4.79 Å². The Hall–Kier alpha value is -1.15. The molecule has 0 spiro atoms. The summed E-state index contributed by atoms with van der Waals surface area (Å²) in [7, 11) is 1.77. The fourth-order valence-electron chi connectivity index (χ4n) is 1.68. The van der Waals surface area contributed by atoms with Gasteiger partial charge in [-0.15, -0.1) is 0 Å². The summed E-state index contributed by atoms with van der Waals surface area (Å²) in [5, 5.41) is 0. The highest BCUT2D eigenvalue weighted by atomic mass is 16.5. The first-order chi connectivity index (χ1) is 6.78. The minimum atomic E-state index is 0.0999. The van der Waals surface area contributed by atoms with Gasteiger partial charge < -0.3 is 4.74 Å². The molecule has 0 radical (unpaired) electrons. The normalized spacial score (nSPS) is 17.8. The third-order valence-electron chi connectivity index (χ3n) is 2.88. The molecule has 1 aliphatic carbocycles. The Balaban J connectivity index is 2.06. The number of hydrogen-bond donors (Lipinski definition) is 0. The largest absolute Gasteiger partial charge is 0.378 e. The fraction of sp³-hybridized carbons (Fsp3) is 0.417. The lowest BCUT2D eigenvalue weighted by Crippen LogP contribution is -2.14. The monoisotopic (exact) mass is 190 g/mol. The number of rotatable bonds is 4. The predicted molar refractivity (Wildman–Crippen MR) is 54.5 cm³/mol. The Labute approximate surface area is 83.9 Å². The highest BCUT2D eigenvalue weighted by Gasteiger charge is 2.42. The van der Waals surface area contributed by atoms with Crippen molar-refractivity contribution >= 4 is 6.29 Å². The second-order valence-corrected chi connectivity index (χ2v) is 3.92. The van der Waals surface area contributed by atoms with Crippen LogP contribution in [0.15, 0.2) is 24.3 Å². The van der Waals surface area contributed by atoms with E-state index < -0.39 is 0 Å². The van der Waals surface area contributed by atoms with Crippen LogP contribution >= 0.6 is 0 Å². The molecule has 0 bridgehead atoms. The molecule has 0 heterocycles. The van der Waals surface area contributed by atoms with Crippen LogP contribution in [0.1, 0.15) is 28.8 Å². The van der Waals surface area contributed by atoms with Crippen molar-refractivity contribution in [2.24, 2.45) is 0 Å². The van der Waals surface area contributed by atoms with E-state index in [1.54, 1.807) is 7.11 Å². The molecular formula is C12H14O2. The minimum Gasteiger partial charge on any atom is -0.378 e. The Morgan fingerprint density at radius 3 is 2.43 bits per heavy atom. The zero-order valence-electron chi connectivity index (χ0n) is 8.32. The third kappa shape index (κ3) is 1.85. The minimum absolute atomic E-state index is 0.0999. The lowest BCUT2D eigenvalue weighted by Gasteiger charge is -2.12. The quantitative estimate of drug-likeness (QED) is 0.680. The van der Waals surface area contributed by atoms with Gasteiger partial charge in [0, 0.05) is 19.1 Å². The molecular weight excluding hydrogens is 176 g/mol.